The van der Waals surface area contributed by atoms with E-state index in [0.717, 1.165) is 11.1 Å². The molecule has 1 amide bonds. The van der Waals surface area contributed by atoms with Crippen molar-refractivity contribution in [2.75, 3.05) is 6.61 Å². The van der Waals surface area contributed by atoms with Crippen LogP contribution >= 0.6 is 11.6 Å². The quantitative estimate of drug-likeness (QED) is 0.874. The third kappa shape index (κ3) is 4.73. The number of aryl methyl sites for hydroxylation is 3. The number of hydrogen-bond acceptors (Lipinski definition) is 2. The lowest BCUT2D eigenvalue weighted by atomic mass is 10.0. The van der Waals surface area contributed by atoms with Gasteiger partial charge in [-0.05, 0) is 62.6 Å². The highest BCUT2D eigenvalue weighted by Crippen LogP contribution is 2.21. The van der Waals surface area contributed by atoms with Crippen LogP contribution in [0.15, 0.2) is 36.4 Å². The molecule has 2 aromatic rings. The molecule has 0 spiro atoms. The van der Waals surface area contributed by atoms with Crippen molar-refractivity contribution in [3.63, 3.8) is 0 Å². The van der Waals surface area contributed by atoms with Crippen LogP contribution in [0.2, 0.25) is 5.02 Å². The van der Waals surface area contributed by atoms with Gasteiger partial charge in [-0.2, -0.15) is 0 Å². The lowest BCUT2D eigenvalue weighted by molar-refractivity contribution is -0.123. The summed E-state index contributed by atoms with van der Waals surface area (Å²) in [5, 5.41) is 3.65. The van der Waals surface area contributed by atoms with E-state index in [2.05, 4.69) is 37.4 Å². The molecule has 0 fully saturated rings. The number of ether oxygens (including phenoxy) is 1. The molecule has 1 atom stereocenters. The fourth-order valence-electron chi connectivity index (χ4n) is 2.53. The van der Waals surface area contributed by atoms with E-state index >= 15 is 0 Å². The van der Waals surface area contributed by atoms with Crippen LogP contribution in [0.1, 0.15) is 35.2 Å². The standard InChI is InChI=1S/C19H22ClNO2/c1-12-5-7-17(13(2)9-12)15(4)21-19(22)11-23-16-6-8-18(20)14(3)10-16/h5-10,15H,11H2,1-4H3,(H,21,22)/t15-/m1/s1. The molecule has 0 aliphatic heterocycles. The molecule has 0 radical (unpaired) electrons. The fraction of sp³-hybridized carbons (Fsp3) is 0.316. The average molecular weight is 332 g/mol. The van der Waals surface area contributed by atoms with Gasteiger partial charge in [-0.25, -0.2) is 0 Å². The van der Waals surface area contributed by atoms with Crippen molar-refractivity contribution in [3.05, 3.63) is 63.7 Å². The Labute approximate surface area is 142 Å². The molecule has 0 aliphatic rings. The number of carbonyl (C=O) groups is 1. The van der Waals surface area contributed by atoms with Crippen LogP contribution in [-0.4, -0.2) is 12.5 Å². The maximum absolute atomic E-state index is 12.1. The lowest BCUT2D eigenvalue weighted by Crippen LogP contribution is -2.31. The Bertz CT molecular complexity index is 713. The van der Waals surface area contributed by atoms with Gasteiger partial charge < -0.3 is 10.1 Å². The SMILES string of the molecule is Cc1ccc([C@@H](C)NC(=O)COc2ccc(Cl)c(C)c2)c(C)c1. The van der Waals surface area contributed by atoms with E-state index in [1.54, 1.807) is 12.1 Å². The van der Waals surface area contributed by atoms with Crippen molar-refractivity contribution < 1.29 is 9.53 Å². The summed E-state index contributed by atoms with van der Waals surface area (Å²) < 4.78 is 5.52. The molecular weight excluding hydrogens is 310 g/mol. The van der Waals surface area contributed by atoms with Crippen molar-refractivity contribution in [1.82, 2.24) is 5.32 Å². The Morgan fingerprint density at radius 2 is 1.87 bits per heavy atom. The van der Waals surface area contributed by atoms with Crippen LogP contribution in [-0.2, 0) is 4.79 Å². The Morgan fingerprint density at radius 3 is 2.52 bits per heavy atom. The van der Waals surface area contributed by atoms with Gasteiger partial charge in [0.15, 0.2) is 6.61 Å². The van der Waals surface area contributed by atoms with Crippen molar-refractivity contribution in [1.29, 1.82) is 0 Å². The van der Waals surface area contributed by atoms with Crippen LogP contribution in [0.3, 0.4) is 0 Å². The van der Waals surface area contributed by atoms with Crippen LogP contribution in [0.5, 0.6) is 5.75 Å². The van der Waals surface area contributed by atoms with Gasteiger partial charge in [0.2, 0.25) is 0 Å². The number of amides is 1. The smallest absolute Gasteiger partial charge is 0.258 e. The molecule has 0 aromatic heterocycles. The highest BCUT2D eigenvalue weighted by atomic mass is 35.5. The predicted octanol–water partition coefficient (Wildman–Crippen LogP) is 4.52. The van der Waals surface area contributed by atoms with Crippen LogP contribution in [0.25, 0.3) is 0 Å². The summed E-state index contributed by atoms with van der Waals surface area (Å²) >= 11 is 5.97. The van der Waals surface area contributed by atoms with Gasteiger partial charge in [-0.15, -0.1) is 0 Å². The molecule has 0 unspecified atom stereocenters. The summed E-state index contributed by atoms with van der Waals surface area (Å²) in [7, 11) is 0. The minimum Gasteiger partial charge on any atom is -0.484 e. The van der Waals surface area contributed by atoms with E-state index in [9.17, 15) is 4.79 Å². The van der Waals surface area contributed by atoms with Gasteiger partial charge in [-0.1, -0.05) is 35.4 Å². The molecule has 23 heavy (non-hydrogen) atoms. The van der Waals surface area contributed by atoms with Gasteiger partial charge in [0.1, 0.15) is 5.75 Å². The van der Waals surface area contributed by atoms with Crippen molar-refractivity contribution in [2.24, 2.45) is 0 Å². The fourth-order valence-corrected chi connectivity index (χ4v) is 2.65. The number of nitrogens with one attached hydrogen (secondary N) is 1. The normalized spacial score (nSPS) is 11.9. The topological polar surface area (TPSA) is 38.3 Å². The molecule has 0 heterocycles. The summed E-state index contributed by atoms with van der Waals surface area (Å²) in [6.45, 7) is 7.97. The van der Waals surface area contributed by atoms with E-state index in [0.29, 0.717) is 10.8 Å². The first-order chi connectivity index (χ1) is 10.9. The molecule has 4 heteroatoms. The average Bonchev–Trinajstić information content (AvgIpc) is 2.48. The van der Waals surface area contributed by atoms with E-state index in [1.807, 2.05) is 19.9 Å². The largest absolute Gasteiger partial charge is 0.484 e. The maximum Gasteiger partial charge on any atom is 0.258 e. The number of hydrogen-bond donors (Lipinski definition) is 1. The van der Waals surface area contributed by atoms with Crippen molar-refractivity contribution in [3.8, 4) is 5.75 Å². The summed E-state index contributed by atoms with van der Waals surface area (Å²) in [4.78, 5) is 12.1. The second-order valence-corrected chi connectivity index (χ2v) is 6.26. The Hall–Kier alpha value is -2.00. The Kier molecular flexibility index (Phi) is 5.67. The number of carbonyl (C=O) groups excluding carboxylic acids is 1. The maximum atomic E-state index is 12.1. The van der Waals surface area contributed by atoms with E-state index < -0.39 is 0 Å². The second-order valence-electron chi connectivity index (χ2n) is 5.85. The summed E-state index contributed by atoms with van der Waals surface area (Å²) in [5.74, 6) is 0.492. The first kappa shape index (κ1) is 17.4. The molecule has 0 bridgehead atoms. The van der Waals surface area contributed by atoms with Crippen LogP contribution in [0, 0.1) is 20.8 Å². The van der Waals surface area contributed by atoms with E-state index in [4.69, 9.17) is 16.3 Å². The first-order valence-corrected chi connectivity index (χ1v) is 8.00. The first-order valence-electron chi connectivity index (χ1n) is 7.62. The minimum absolute atomic E-state index is 0.0175. The molecule has 2 rings (SSSR count). The zero-order chi connectivity index (χ0) is 17.0. The highest BCUT2D eigenvalue weighted by molar-refractivity contribution is 6.31. The lowest BCUT2D eigenvalue weighted by Gasteiger charge is -2.17. The summed E-state index contributed by atoms with van der Waals surface area (Å²) in [5.41, 5.74) is 4.43. The van der Waals surface area contributed by atoms with Crippen LogP contribution in [0.4, 0.5) is 0 Å². The zero-order valence-corrected chi connectivity index (χ0v) is 14.7. The van der Waals surface area contributed by atoms with E-state index in [1.165, 1.54) is 11.1 Å². The van der Waals surface area contributed by atoms with E-state index in [-0.39, 0.29) is 18.6 Å². The zero-order valence-electron chi connectivity index (χ0n) is 13.9. The number of halogens is 1. The van der Waals surface area contributed by atoms with Crippen molar-refractivity contribution >= 4 is 17.5 Å². The van der Waals surface area contributed by atoms with Gasteiger partial charge in [0.05, 0.1) is 6.04 Å². The summed E-state index contributed by atoms with van der Waals surface area (Å²) in [6.07, 6.45) is 0. The number of rotatable bonds is 5. The minimum atomic E-state index is -0.148. The highest BCUT2D eigenvalue weighted by Gasteiger charge is 2.12. The molecule has 122 valence electrons. The molecule has 0 aliphatic carbocycles. The summed E-state index contributed by atoms with van der Waals surface area (Å²) in [6, 6.07) is 11.5. The molecular formula is C19H22ClNO2. The molecule has 1 N–H and O–H groups in total. The Morgan fingerprint density at radius 1 is 1.13 bits per heavy atom. The molecule has 0 saturated carbocycles. The van der Waals surface area contributed by atoms with Gasteiger partial charge >= 0.3 is 0 Å². The monoisotopic (exact) mass is 331 g/mol. The third-order valence-electron chi connectivity index (χ3n) is 3.77. The van der Waals surface area contributed by atoms with Gasteiger partial charge in [0.25, 0.3) is 5.91 Å². The van der Waals surface area contributed by atoms with Gasteiger partial charge in [-0.3, -0.25) is 4.79 Å². The third-order valence-corrected chi connectivity index (χ3v) is 4.19. The Balaban J connectivity index is 1.92. The number of benzene rings is 2. The second kappa shape index (κ2) is 7.51. The van der Waals surface area contributed by atoms with Crippen LogP contribution < -0.4 is 10.1 Å². The predicted molar refractivity (Wildman–Crippen MR) is 94.2 cm³/mol. The molecule has 3 nitrogen and oxygen atoms in total. The van der Waals surface area contributed by atoms with Gasteiger partial charge in [0, 0.05) is 5.02 Å². The van der Waals surface area contributed by atoms with Crippen molar-refractivity contribution in [2.45, 2.75) is 33.7 Å². The molecule has 2 aromatic carbocycles. The molecule has 0 saturated heterocycles.